The predicted octanol–water partition coefficient (Wildman–Crippen LogP) is 2.33. The molecule has 1 atom stereocenters. The van der Waals surface area contributed by atoms with E-state index in [4.69, 9.17) is 5.11 Å². The number of pyridine rings is 1. The van der Waals surface area contributed by atoms with Gasteiger partial charge < -0.3 is 10.4 Å². The van der Waals surface area contributed by atoms with Crippen LogP contribution in [0.2, 0.25) is 0 Å². The van der Waals surface area contributed by atoms with Crippen molar-refractivity contribution in [3.05, 3.63) is 29.6 Å². The zero-order chi connectivity index (χ0) is 14.4. The Bertz CT molecular complexity index is 456. The smallest absolute Gasteiger partial charge is 0.338 e. The van der Waals surface area contributed by atoms with Crippen molar-refractivity contribution in [2.75, 3.05) is 0 Å². The molecule has 19 heavy (non-hydrogen) atoms. The minimum absolute atomic E-state index is 0.0114. The lowest BCUT2D eigenvalue weighted by atomic mass is 9.95. The van der Waals surface area contributed by atoms with Crippen LogP contribution >= 0.6 is 0 Å². The summed E-state index contributed by atoms with van der Waals surface area (Å²) in [5.41, 5.74) is 0.0806. The highest BCUT2D eigenvalue weighted by molar-refractivity contribution is 6.04. The second kappa shape index (κ2) is 6.87. The van der Waals surface area contributed by atoms with Crippen LogP contribution in [-0.2, 0) is 0 Å². The molecule has 0 fully saturated rings. The van der Waals surface area contributed by atoms with Crippen LogP contribution in [0.5, 0.6) is 0 Å². The van der Waals surface area contributed by atoms with Gasteiger partial charge in [0.1, 0.15) is 0 Å². The highest BCUT2D eigenvalue weighted by atomic mass is 16.4. The van der Waals surface area contributed by atoms with Crippen LogP contribution < -0.4 is 5.32 Å². The number of amides is 1. The number of aromatic nitrogens is 1. The zero-order valence-corrected chi connectivity index (χ0v) is 11.5. The second-order valence-electron chi connectivity index (χ2n) is 4.57. The van der Waals surface area contributed by atoms with Gasteiger partial charge in [0, 0.05) is 18.4 Å². The van der Waals surface area contributed by atoms with E-state index in [0.29, 0.717) is 5.92 Å². The first kappa shape index (κ1) is 15.1. The fourth-order valence-electron chi connectivity index (χ4n) is 2.16. The third kappa shape index (κ3) is 3.77. The molecular formula is C14H20N2O3. The summed E-state index contributed by atoms with van der Waals surface area (Å²) in [6.07, 6.45) is 4.56. The van der Waals surface area contributed by atoms with Crippen LogP contribution in [0.15, 0.2) is 18.5 Å². The largest absolute Gasteiger partial charge is 0.478 e. The minimum Gasteiger partial charge on any atom is -0.478 e. The first-order chi connectivity index (χ1) is 9.01. The van der Waals surface area contributed by atoms with Crippen molar-refractivity contribution in [1.82, 2.24) is 10.3 Å². The van der Waals surface area contributed by atoms with E-state index in [0.717, 1.165) is 12.8 Å². The summed E-state index contributed by atoms with van der Waals surface area (Å²) in [5.74, 6) is -1.12. The molecule has 1 aromatic heterocycles. The molecule has 5 heteroatoms. The number of rotatable bonds is 6. The monoisotopic (exact) mass is 264 g/mol. The molecule has 0 aliphatic carbocycles. The molecule has 1 aromatic rings. The van der Waals surface area contributed by atoms with Gasteiger partial charge in [-0.3, -0.25) is 9.78 Å². The van der Waals surface area contributed by atoms with Crippen LogP contribution in [0.25, 0.3) is 0 Å². The summed E-state index contributed by atoms with van der Waals surface area (Å²) in [4.78, 5) is 26.9. The zero-order valence-electron chi connectivity index (χ0n) is 11.5. The number of nitrogens with one attached hydrogen (secondary N) is 1. The van der Waals surface area contributed by atoms with Gasteiger partial charge in [-0.25, -0.2) is 4.79 Å². The van der Waals surface area contributed by atoms with Crippen molar-refractivity contribution in [2.45, 2.75) is 39.7 Å². The topological polar surface area (TPSA) is 79.3 Å². The Morgan fingerprint density at radius 2 is 1.95 bits per heavy atom. The van der Waals surface area contributed by atoms with Crippen molar-refractivity contribution in [1.29, 1.82) is 0 Å². The maximum absolute atomic E-state index is 12.1. The molecule has 1 unspecified atom stereocenters. The van der Waals surface area contributed by atoms with Gasteiger partial charge in [0.2, 0.25) is 0 Å². The SMILES string of the molecule is CCC(CC)C(C)NC(=O)c1ccncc1C(=O)O. The summed E-state index contributed by atoms with van der Waals surface area (Å²) in [6.45, 7) is 6.09. The number of hydrogen-bond donors (Lipinski definition) is 2. The first-order valence-electron chi connectivity index (χ1n) is 6.49. The fraction of sp³-hybridized carbons (Fsp3) is 0.500. The van der Waals surface area contributed by atoms with E-state index >= 15 is 0 Å². The van der Waals surface area contributed by atoms with Gasteiger partial charge in [0.25, 0.3) is 5.91 Å². The highest BCUT2D eigenvalue weighted by Gasteiger charge is 2.20. The normalized spacial score (nSPS) is 12.2. The molecule has 1 rings (SSSR count). The van der Waals surface area contributed by atoms with Gasteiger partial charge in [0.05, 0.1) is 11.1 Å². The van der Waals surface area contributed by atoms with Gasteiger partial charge >= 0.3 is 5.97 Å². The Morgan fingerprint density at radius 1 is 1.32 bits per heavy atom. The fourth-order valence-corrected chi connectivity index (χ4v) is 2.16. The molecule has 0 saturated heterocycles. The average molecular weight is 264 g/mol. The third-order valence-electron chi connectivity index (χ3n) is 3.41. The minimum atomic E-state index is -1.14. The van der Waals surface area contributed by atoms with Crippen molar-refractivity contribution < 1.29 is 14.7 Å². The molecule has 2 N–H and O–H groups in total. The number of nitrogens with zero attached hydrogens (tertiary/aromatic N) is 1. The van der Waals surface area contributed by atoms with Crippen molar-refractivity contribution in [2.24, 2.45) is 5.92 Å². The molecule has 0 aliphatic rings. The Morgan fingerprint density at radius 3 is 2.47 bits per heavy atom. The van der Waals surface area contributed by atoms with E-state index < -0.39 is 5.97 Å². The van der Waals surface area contributed by atoms with Crippen molar-refractivity contribution in [3.63, 3.8) is 0 Å². The summed E-state index contributed by atoms with van der Waals surface area (Å²) >= 11 is 0. The summed E-state index contributed by atoms with van der Waals surface area (Å²) in [7, 11) is 0. The standard InChI is InChI=1S/C14H20N2O3/c1-4-10(5-2)9(3)16-13(17)11-6-7-15-8-12(11)14(18)19/h6-10H,4-5H2,1-3H3,(H,16,17)(H,18,19). The van der Waals surface area contributed by atoms with Crippen LogP contribution in [-0.4, -0.2) is 28.0 Å². The molecule has 0 spiro atoms. The predicted molar refractivity (Wildman–Crippen MR) is 72.2 cm³/mol. The lowest BCUT2D eigenvalue weighted by Crippen LogP contribution is -2.38. The van der Waals surface area contributed by atoms with Crippen molar-refractivity contribution >= 4 is 11.9 Å². The molecule has 5 nitrogen and oxygen atoms in total. The molecule has 1 heterocycles. The lowest BCUT2D eigenvalue weighted by Gasteiger charge is -2.22. The van der Waals surface area contributed by atoms with E-state index in [1.54, 1.807) is 0 Å². The molecule has 0 aromatic carbocycles. The van der Waals surface area contributed by atoms with E-state index in [-0.39, 0.29) is 23.1 Å². The molecular weight excluding hydrogens is 244 g/mol. The summed E-state index contributed by atoms with van der Waals surface area (Å²) in [5, 5.41) is 11.9. The number of aromatic carboxylic acids is 1. The van der Waals surface area contributed by atoms with E-state index in [9.17, 15) is 9.59 Å². The van der Waals surface area contributed by atoms with Gasteiger partial charge in [0.15, 0.2) is 0 Å². The van der Waals surface area contributed by atoms with E-state index in [1.807, 2.05) is 6.92 Å². The molecule has 1 amide bonds. The molecule has 104 valence electrons. The average Bonchev–Trinajstić information content (AvgIpc) is 2.40. The van der Waals surface area contributed by atoms with Gasteiger partial charge in [-0.1, -0.05) is 26.7 Å². The Balaban J connectivity index is 2.87. The molecule has 0 saturated carbocycles. The van der Waals surface area contributed by atoms with Crippen LogP contribution in [0.4, 0.5) is 0 Å². The summed E-state index contributed by atoms with van der Waals surface area (Å²) < 4.78 is 0. The number of carboxylic acids is 1. The second-order valence-corrected chi connectivity index (χ2v) is 4.57. The van der Waals surface area contributed by atoms with E-state index in [2.05, 4.69) is 24.1 Å². The first-order valence-corrected chi connectivity index (χ1v) is 6.49. The molecule has 0 radical (unpaired) electrons. The maximum Gasteiger partial charge on any atom is 0.338 e. The summed E-state index contributed by atoms with van der Waals surface area (Å²) in [6, 6.07) is 1.44. The van der Waals surface area contributed by atoms with Gasteiger partial charge in [-0.15, -0.1) is 0 Å². The Kier molecular flexibility index (Phi) is 5.48. The molecule has 0 aliphatic heterocycles. The molecule has 0 bridgehead atoms. The van der Waals surface area contributed by atoms with Crippen LogP contribution in [0.3, 0.4) is 0 Å². The van der Waals surface area contributed by atoms with E-state index in [1.165, 1.54) is 18.5 Å². The Hall–Kier alpha value is -1.91. The quantitative estimate of drug-likeness (QED) is 0.826. The van der Waals surface area contributed by atoms with Crippen LogP contribution in [0, 0.1) is 5.92 Å². The Labute approximate surface area is 113 Å². The van der Waals surface area contributed by atoms with Gasteiger partial charge in [-0.05, 0) is 18.9 Å². The maximum atomic E-state index is 12.1. The number of hydrogen-bond acceptors (Lipinski definition) is 3. The van der Waals surface area contributed by atoms with Crippen molar-refractivity contribution in [3.8, 4) is 0 Å². The highest BCUT2D eigenvalue weighted by Crippen LogP contribution is 2.14. The number of carbonyl (C=O) groups excluding carboxylic acids is 1. The number of carbonyl (C=O) groups is 2. The lowest BCUT2D eigenvalue weighted by molar-refractivity contribution is 0.0689. The number of carboxylic acid groups (broad SMARTS) is 1. The third-order valence-corrected chi connectivity index (χ3v) is 3.41. The van der Waals surface area contributed by atoms with Crippen LogP contribution in [0.1, 0.15) is 54.3 Å². The van der Waals surface area contributed by atoms with Gasteiger partial charge in [-0.2, -0.15) is 0 Å².